The van der Waals surface area contributed by atoms with Gasteiger partial charge in [0, 0.05) is 10.7 Å². The lowest BCUT2D eigenvalue weighted by Gasteiger charge is -2.10. The Morgan fingerprint density at radius 1 is 1.29 bits per heavy atom. The smallest absolute Gasteiger partial charge is 0.165 e. The molecule has 0 saturated carbocycles. The van der Waals surface area contributed by atoms with Gasteiger partial charge in [-0.15, -0.1) is 11.6 Å². The second-order valence-electron chi connectivity index (χ2n) is 4.52. The quantitative estimate of drug-likeness (QED) is 0.620. The zero-order valence-electron chi connectivity index (χ0n) is 10.9. The number of aromatic nitrogens is 3. The molecule has 3 rings (SSSR count). The van der Waals surface area contributed by atoms with E-state index in [9.17, 15) is 8.78 Å². The van der Waals surface area contributed by atoms with Crippen molar-refractivity contribution in [2.24, 2.45) is 0 Å². The van der Waals surface area contributed by atoms with Crippen LogP contribution in [-0.4, -0.2) is 14.5 Å². The first-order valence-corrected chi connectivity index (χ1v) is 7.39. The second kappa shape index (κ2) is 5.35. The summed E-state index contributed by atoms with van der Waals surface area (Å²) in [5, 5.41) is 0. The van der Waals surface area contributed by atoms with Gasteiger partial charge in [-0.1, -0.05) is 15.9 Å². The number of pyridine rings is 1. The van der Waals surface area contributed by atoms with Crippen LogP contribution in [0, 0.1) is 18.6 Å². The molecular formula is C14H9BrClF2N3. The van der Waals surface area contributed by atoms with Gasteiger partial charge in [0.25, 0.3) is 0 Å². The van der Waals surface area contributed by atoms with Crippen LogP contribution < -0.4 is 0 Å². The number of benzene rings is 1. The van der Waals surface area contributed by atoms with E-state index in [1.807, 2.05) is 6.92 Å². The Labute approximate surface area is 132 Å². The van der Waals surface area contributed by atoms with E-state index >= 15 is 0 Å². The van der Waals surface area contributed by atoms with Crippen LogP contribution in [0.2, 0.25) is 0 Å². The number of rotatable bonds is 2. The van der Waals surface area contributed by atoms with Gasteiger partial charge >= 0.3 is 0 Å². The Morgan fingerprint density at radius 2 is 1.95 bits per heavy atom. The number of imidazole rings is 1. The summed E-state index contributed by atoms with van der Waals surface area (Å²) in [6.45, 7) is 1.85. The summed E-state index contributed by atoms with van der Waals surface area (Å²) in [6.07, 6.45) is 1.57. The molecule has 0 aliphatic carbocycles. The maximum atomic E-state index is 14.2. The van der Waals surface area contributed by atoms with Crippen molar-refractivity contribution in [1.29, 1.82) is 0 Å². The highest BCUT2D eigenvalue weighted by molar-refractivity contribution is 9.10. The molecule has 3 aromatic rings. The highest BCUT2D eigenvalue weighted by atomic mass is 79.9. The van der Waals surface area contributed by atoms with E-state index in [1.165, 1.54) is 16.7 Å². The van der Waals surface area contributed by atoms with E-state index < -0.39 is 11.6 Å². The summed E-state index contributed by atoms with van der Waals surface area (Å²) >= 11 is 8.94. The number of halogens is 4. The Morgan fingerprint density at radius 3 is 2.57 bits per heavy atom. The highest BCUT2D eigenvalue weighted by Crippen LogP contribution is 2.28. The van der Waals surface area contributed by atoms with E-state index in [1.54, 1.807) is 12.3 Å². The van der Waals surface area contributed by atoms with E-state index in [0.29, 0.717) is 21.5 Å². The molecule has 2 heterocycles. The van der Waals surface area contributed by atoms with Gasteiger partial charge in [0.2, 0.25) is 0 Å². The van der Waals surface area contributed by atoms with Gasteiger partial charge in [-0.25, -0.2) is 18.7 Å². The SMILES string of the molecule is Cc1ccnc2c1nc(CCl)n2-c1c(F)cc(Br)cc1F. The molecule has 0 spiro atoms. The fourth-order valence-electron chi connectivity index (χ4n) is 2.21. The monoisotopic (exact) mass is 371 g/mol. The van der Waals surface area contributed by atoms with Crippen molar-refractivity contribution in [2.75, 3.05) is 0 Å². The molecule has 21 heavy (non-hydrogen) atoms. The van der Waals surface area contributed by atoms with Gasteiger partial charge in [0.05, 0.1) is 5.88 Å². The minimum absolute atomic E-state index is 0.0186. The summed E-state index contributed by atoms with van der Waals surface area (Å²) in [5.74, 6) is -1.06. The van der Waals surface area contributed by atoms with Crippen molar-refractivity contribution in [3.8, 4) is 5.69 Å². The van der Waals surface area contributed by atoms with Crippen LogP contribution >= 0.6 is 27.5 Å². The molecule has 0 saturated heterocycles. The standard InChI is InChI=1S/C14H9BrClF2N3/c1-7-2-3-19-14-12(7)20-11(6-16)21(14)13-9(17)4-8(15)5-10(13)18/h2-5H,6H2,1H3. The molecule has 108 valence electrons. The lowest BCUT2D eigenvalue weighted by molar-refractivity contribution is 0.567. The number of aryl methyl sites for hydroxylation is 1. The van der Waals surface area contributed by atoms with Crippen molar-refractivity contribution in [3.05, 3.63) is 51.9 Å². The van der Waals surface area contributed by atoms with Gasteiger partial charge < -0.3 is 0 Å². The number of alkyl halides is 1. The van der Waals surface area contributed by atoms with Crippen LogP contribution in [0.15, 0.2) is 28.9 Å². The maximum absolute atomic E-state index is 14.2. The second-order valence-corrected chi connectivity index (χ2v) is 5.70. The molecule has 0 atom stereocenters. The Bertz CT molecular complexity index is 825. The number of fused-ring (bicyclic) bond motifs is 1. The number of hydrogen-bond donors (Lipinski definition) is 0. The van der Waals surface area contributed by atoms with E-state index in [-0.39, 0.29) is 11.6 Å². The predicted octanol–water partition coefficient (Wildman–Crippen LogP) is 4.51. The van der Waals surface area contributed by atoms with Crippen LogP contribution in [0.25, 0.3) is 16.9 Å². The maximum Gasteiger partial charge on any atom is 0.165 e. The number of nitrogens with zero attached hydrogens (tertiary/aromatic N) is 3. The molecule has 0 N–H and O–H groups in total. The van der Waals surface area contributed by atoms with Crippen LogP contribution in [-0.2, 0) is 5.88 Å². The van der Waals surface area contributed by atoms with Crippen molar-refractivity contribution >= 4 is 38.7 Å². The third kappa shape index (κ3) is 2.32. The molecule has 1 aromatic carbocycles. The molecular weight excluding hydrogens is 364 g/mol. The Hall–Kier alpha value is -1.53. The van der Waals surface area contributed by atoms with Crippen molar-refractivity contribution in [1.82, 2.24) is 14.5 Å². The van der Waals surface area contributed by atoms with Gasteiger partial charge in [-0.05, 0) is 30.7 Å². The molecule has 0 radical (unpaired) electrons. The van der Waals surface area contributed by atoms with E-state index in [4.69, 9.17) is 11.6 Å². The predicted molar refractivity (Wildman–Crippen MR) is 80.8 cm³/mol. The molecule has 0 unspecified atom stereocenters. The van der Waals surface area contributed by atoms with Crippen LogP contribution in [0.3, 0.4) is 0 Å². The van der Waals surface area contributed by atoms with Crippen molar-refractivity contribution in [2.45, 2.75) is 12.8 Å². The fraction of sp³-hybridized carbons (Fsp3) is 0.143. The zero-order valence-corrected chi connectivity index (χ0v) is 13.2. The van der Waals surface area contributed by atoms with E-state index in [0.717, 1.165) is 5.56 Å². The van der Waals surface area contributed by atoms with Crippen molar-refractivity contribution in [3.63, 3.8) is 0 Å². The average Bonchev–Trinajstić information content (AvgIpc) is 2.78. The van der Waals surface area contributed by atoms with Crippen LogP contribution in [0.4, 0.5) is 8.78 Å². The van der Waals surface area contributed by atoms with Gasteiger partial charge in [-0.2, -0.15) is 0 Å². The summed E-state index contributed by atoms with van der Waals surface area (Å²) < 4.78 is 30.1. The molecule has 0 fully saturated rings. The molecule has 7 heteroatoms. The first-order chi connectivity index (χ1) is 10.0. The normalized spacial score (nSPS) is 11.3. The van der Waals surface area contributed by atoms with Gasteiger partial charge in [-0.3, -0.25) is 4.57 Å². The third-order valence-electron chi connectivity index (χ3n) is 3.14. The summed E-state index contributed by atoms with van der Waals surface area (Å²) in [5.41, 5.74) is 1.60. The lowest BCUT2D eigenvalue weighted by atomic mass is 10.2. The van der Waals surface area contributed by atoms with E-state index in [2.05, 4.69) is 25.9 Å². The Kier molecular flexibility index (Phi) is 3.67. The molecule has 3 nitrogen and oxygen atoms in total. The topological polar surface area (TPSA) is 30.7 Å². The average molecular weight is 373 g/mol. The molecule has 0 aliphatic rings. The minimum Gasteiger partial charge on any atom is -0.274 e. The van der Waals surface area contributed by atoms with Crippen LogP contribution in [0.5, 0.6) is 0 Å². The largest absolute Gasteiger partial charge is 0.274 e. The molecule has 0 bridgehead atoms. The minimum atomic E-state index is -0.712. The number of hydrogen-bond acceptors (Lipinski definition) is 2. The highest BCUT2D eigenvalue weighted by Gasteiger charge is 2.20. The summed E-state index contributed by atoms with van der Waals surface area (Å²) in [6, 6.07) is 4.17. The third-order valence-corrected chi connectivity index (χ3v) is 3.84. The lowest BCUT2D eigenvalue weighted by Crippen LogP contribution is -2.06. The fourth-order valence-corrected chi connectivity index (χ4v) is 2.79. The van der Waals surface area contributed by atoms with Crippen LogP contribution in [0.1, 0.15) is 11.4 Å². The first-order valence-electron chi connectivity index (χ1n) is 6.06. The molecule has 2 aromatic heterocycles. The first kappa shape index (κ1) is 14.4. The Balaban J connectivity index is 2.42. The van der Waals surface area contributed by atoms with Gasteiger partial charge in [0.15, 0.2) is 17.3 Å². The zero-order chi connectivity index (χ0) is 15.1. The molecule has 0 aliphatic heterocycles. The summed E-state index contributed by atoms with van der Waals surface area (Å²) in [4.78, 5) is 8.52. The summed E-state index contributed by atoms with van der Waals surface area (Å²) in [7, 11) is 0. The molecule has 0 amide bonds. The van der Waals surface area contributed by atoms with Crippen molar-refractivity contribution < 1.29 is 8.78 Å². The van der Waals surface area contributed by atoms with Gasteiger partial charge in [0.1, 0.15) is 17.0 Å².